The number of carbonyl (C=O) groups excluding carboxylic acids is 1. The Morgan fingerprint density at radius 3 is 2.38 bits per heavy atom. The number of hydrogen-bond acceptors (Lipinski definition) is 3. The van der Waals surface area contributed by atoms with Gasteiger partial charge in [0.15, 0.2) is 0 Å². The van der Waals surface area contributed by atoms with Gasteiger partial charge < -0.3 is 15.8 Å². The molecule has 0 bridgehead atoms. The molecule has 0 aliphatic heterocycles. The van der Waals surface area contributed by atoms with Crippen LogP contribution < -0.4 is 15.8 Å². The number of nitrogens with two attached hydrogens (primary N) is 1. The number of thiocarbonyl (C=S) groups is 1. The minimum atomic E-state index is -0.278. The largest absolute Gasteiger partial charge is 0.497 e. The third-order valence-corrected chi connectivity index (χ3v) is 3.42. The van der Waals surface area contributed by atoms with E-state index in [2.05, 4.69) is 5.32 Å². The maximum absolute atomic E-state index is 12.2. The fourth-order valence-electron chi connectivity index (χ4n) is 1.71. The molecule has 0 atom stereocenters. The van der Waals surface area contributed by atoms with Gasteiger partial charge in [-0.05, 0) is 24.3 Å². The molecular weight excluding hydrogens is 308 g/mol. The van der Waals surface area contributed by atoms with Crippen molar-refractivity contribution in [3.05, 3.63) is 58.6 Å². The van der Waals surface area contributed by atoms with Gasteiger partial charge in [0.1, 0.15) is 10.7 Å². The Balaban J connectivity index is 2.19. The average molecular weight is 321 g/mol. The van der Waals surface area contributed by atoms with Gasteiger partial charge in [-0.15, -0.1) is 0 Å². The van der Waals surface area contributed by atoms with Gasteiger partial charge in [0.05, 0.1) is 17.8 Å². The maximum Gasteiger partial charge on any atom is 0.255 e. The zero-order valence-corrected chi connectivity index (χ0v) is 12.8. The standard InChI is InChI=1S/C15H13ClN2O2S/c1-20-11-6-7-12(16)13(8-11)18-15(19)10-4-2-9(3-5-10)14(17)21/h2-8H,1H3,(H2,17,21)(H,18,19). The van der Waals surface area contributed by atoms with Crippen LogP contribution in [0.2, 0.25) is 5.02 Å². The lowest BCUT2D eigenvalue weighted by molar-refractivity contribution is 0.102. The van der Waals surface area contributed by atoms with Gasteiger partial charge in [-0.3, -0.25) is 4.79 Å². The lowest BCUT2D eigenvalue weighted by Gasteiger charge is -2.09. The van der Waals surface area contributed by atoms with E-state index < -0.39 is 0 Å². The molecule has 108 valence electrons. The average Bonchev–Trinajstić information content (AvgIpc) is 2.49. The van der Waals surface area contributed by atoms with Crippen molar-refractivity contribution in [2.75, 3.05) is 12.4 Å². The van der Waals surface area contributed by atoms with Gasteiger partial charge in [-0.25, -0.2) is 0 Å². The van der Waals surface area contributed by atoms with Crippen molar-refractivity contribution in [2.24, 2.45) is 5.73 Å². The SMILES string of the molecule is COc1ccc(Cl)c(NC(=O)c2ccc(C(N)=S)cc2)c1. The van der Waals surface area contributed by atoms with Crippen LogP contribution in [0.4, 0.5) is 5.69 Å². The number of nitrogens with one attached hydrogen (secondary N) is 1. The van der Waals surface area contributed by atoms with Crippen molar-refractivity contribution in [3.63, 3.8) is 0 Å². The molecule has 0 saturated carbocycles. The van der Waals surface area contributed by atoms with Crippen LogP contribution in [0.3, 0.4) is 0 Å². The summed E-state index contributed by atoms with van der Waals surface area (Å²) in [7, 11) is 1.54. The lowest BCUT2D eigenvalue weighted by Crippen LogP contribution is -2.13. The summed E-state index contributed by atoms with van der Waals surface area (Å²) in [6, 6.07) is 11.7. The molecular formula is C15H13ClN2O2S. The normalized spacial score (nSPS) is 10.0. The van der Waals surface area contributed by atoms with Crippen LogP contribution in [0.1, 0.15) is 15.9 Å². The number of amides is 1. The maximum atomic E-state index is 12.2. The van der Waals surface area contributed by atoms with E-state index in [1.165, 1.54) is 0 Å². The lowest BCUT2D eigenvalue weighted by atomic mass is 10.1. The number of carbonyl (C=O) groups is 1. The molecule has 0 aliphatic rings. The minimum absolute atomic E-state index is 0.278. The van der Waals surface area contributed by atoms with Gasteiger partial charge in [0.2, 0.25) is 0 Å². The molecule has 0 radical (unpaired) electrons. The fraction of sp³-hybridized carbons (Fsp3) is 0.0667. The van der Waals surface area contributed by atoms with E-state index in [4.69, 9.17) is 34.3 Å². The highest BCUT2D eigenvalue weighted by Gasteiger charge is 2.10. The summed E-state index contributed by atoms with van der Waals surface area (Å²) in [5, 5.41) is 3.17. The Labute approximate surface area is 132 Å². The third-order valence-electron chi connectivity index (χ3n) is 2.85. The van der Waals surface area contributed by atoms with E-state index >= 15 is 0 Å². The molecule has 0 fully saturated rings. The topological polar surface area (TPSA) is 64.3 Å². The summed E-state index contributed by atoms with van der Waals surface area (Å²) in [5.74, 6) is 0.332. The number of anilines is 1. The van der Waals surface area contributed by atoms with Gasteiger partial charge in [0, 0.05) is 17.2 Å². The van der Waals surface area contributed by atoms with Gasteiger partial charge in [-0.1, -0.05) is 36.0 Å². The van der Waals surface area contributed by atoms with Crippen molar-refractivity contribution >= 4 is 40.4 Å². The quantitative estimate of drug-likeness (QED) is 0.849. The van der Waals surface area contributed by atoms with E-state index in [0.29, 0.717) is 27.6 Å². The summed E-state index contributed by atoms with van der Waals surface area (Å²) in [6.45, 7) is 0. The number of methoxy groups -OCH3 is 1. The molecule has 3 N–H and O–H groups in total. The highest BCUT2D eigenvalue weighted by atomic mass is 35.5. The first kappa shape index (κ1) is 15.3. The molecule has 2 aromatic rings. The van der Waals surface area contributed by atoms with Crippen LogP contribution >= 0.6 is 23.8 Å². The molecule has 0 saturated heterocycles. The second-order valence-corrected chi connectivity index (χ2v) is 5.09. The predicted octanol–water partition coefficient (Wildman–Crippen LogP) is 3.24. The summed E-state index contributed by atoms with van der Waals surface area (Å²) >= 11 is 10.9. The van der Waals surface area contributed by atoms with Gasteiger partial charge in [-0.2, -0.15) is 0 Å². The fourth-order valence-corrected chi connectivity index (χ4v) is 2.01. The third kappa shape index (κ3) is 3.71. The minimum Gasteiger partial charge on any atom is -0.497 e. The number of ether oxygens (including phenoxy) is 1. The predicted molar refractivity (Wildman–Crippen MR) is 88.3 cm³/mol. The second-order valence-electron chi connectivity index (χ2n) is 4.24. The molecule has 0 aliphatic carbocycles. The smallest absolute Gasteiger partial charge is 0.255 e. The van der Waals surface area contributed by atoms with Crippen molar-refractivity contribution in [3.8, 4) is 5.75 Å². The zero-order valence-electron chi connectivity index (χ0n) is 11.2. The van der Waals surface area contributed by atoms with E-state index in [1.807, 2.05) is 0 Å². The molecule has 0 heterocycles. The number of benzene rings is 2. The van der Waals surface area contributed by atoms with E-state index in [1.54, 1.807) is 49.6 Å². The van der Waals surface area contributed by atoms with Gasteiger partial charge >= 0.3 is 0 Å². The summed E-state index contributed by atoms with van der Waals surface area (Å²) in [5.41, 5.74) is 7.19. The van der Waals surface area contributed by atoms with Crippen molar-refractivity contribution in [1.82, 2.24) is 0 Å². The van der Waals surface area contributed by atoms with Crippen LogP contribution in [-0.4, -0.2) is 18.0 Å². The van der Waals surface area contributed by atoms with E-state index in [-0.39, 0.29) is 10.9 Å². The highest BCUT2D eigenvalue weighted by Crippen LogP contribution is 2.27. The van der Waals surface area contributed by atoms with Crippen LogP contribution in [-0.2, 0) is 0 Å². The molecule has 2 aromatic carbocycles. The molecule has 2 rings (SSSR count). The molecule has 0 unspecified atom stereocenters. The first-order valence-electron chi connectivity index (χ1n) is 6.06. The van der Waals surface area contributed by atoms with E-state index in [9.17, 15) is 4.79 Å². The van der Waals surface area contributed by atoms with Crippen LogP contribution in [0.5, 0.6) is 5.75 Å². The number of rotatable bonds is 4. The molecule has 6 heteroatoms. The molecule has 1 amide bonds. The van der Waals surface area contributed by atoms with Crippen molar-refractivity contribution in [2.45, 2.75) is 0 Å². The van der Waals surface area contributed by atoms with Crippen molar-refractivity contribution in [1.29, 1.82) is 0 Å². The first-order chi connectivity index (χ1) is 10.0. The monoisotopic (exact) mass is 320 g/mol. The Morgan fingerprint density at radius 2 is 1.81 bits per heavy atom. The summed E-state index contributed by atoms with van der Waals surface area (Å²) < 4.78 is 5.10. The second kappa shape index (κ2) is 6.56. The van der Waals surface area contributed by atoms with Gasteiger partial charge in [0.25, 0.3) is 5.91 Å². The molecule has 0 spiro atoms. The molecule has 21 heavy (non-hydrogen) atoms. The van der Waals surface area contributed by atoms with Crippen LogP contribution in [0.25, 0.3) is 0 Å². The Bertz CT molecular complexity index is 687. The molecule has 4 nitrogen and oxygen atoms in total. The summed E-state index contributed by atoms with van der Waals surface area (Å²) in [6.07, 6.45) is 0. The Kier molecular flexibility index (Phi) is 4.77. The Morgan fingerprint density at radius 1 is 1.19 bits per heavy atom. The Hall–Kier alpha value is -2.11. The first-order valence-corrected chi connectivity index (χ1v) is 6.84. The highest BCUT2D eigenvalue weighted by molar-refractivity contribution is 7.80. The molecule has 0 aromatic heterocycles. The van der Waals surface area contributed by atoms with E-state index in [0.717, 1.165) is 0 Å². The summed E-state index contributed by atoms with van der Waals surface area (Å²) in [4.78, 5) is 12.5. The number of halogens is 1. The zero-order chi connectivity index (χ0) is 15.4. The number of hydrogen-bond donors (Lipinski definition) is 2. The van der Waals surface area contributed by atoms with Crippen LogP contribution in [0.15, 0.2) is 42.5 Å². The van der Waals surface area contributed by atoms with Crippen LogP contribution in [0, 0.1) is 0 Å². The van der Waals surface area contributed by atoms with Crippen molar-refractivity contribution < 1.29 is 9.53 Å².